The summed E-state index contributed by atoms with van der Waals surface area (Å²) in [5, 5.41) is 1.45. The molecule has 5 aliphatic heterocycles. The topological polar surface area (TPSA) is 63.7 Å². The molecule has 6 heteroatoms. The molecule has 1 amide bonds. The van der Waals surface area contributed by atoms with Crippen LogP contribution in [0.3, 0.4) is 0 Å². The molecule has 6 nitrogen and oxygen atoms in total. The number of fused-ring (bicyclic) bond motifs is 2. The van der Waals surface area contributed by atoms with Crippen LogP contribution in [0.1, 0.15) is 32.3 Å². The van der Waals surface area contributed by atoms with E-state index in [0.29, 0.717) is 24.9 Å². The maximum absolute atomic E-state index is 13.6. The van der Waals surface area contributed by atoms with Crippen LogP contribution in [-0.4, -0.2) is 49.2 Å². The number of para-hydroxylation sites is 1. The Hall–Kier alpha value is -1.76. The molecule has 0 aromatic heterocycles. The molecule has 27 heavy (non-hydrogen) atoms. The number of epoxide rings is 1. The lowest BCUT2D eigenvalue weighted by atomic mass is 9.71. The molecular formula is C21H24N2O4. The van der Waals surface area contributed by atoms with E-state index in [1.54, 1.807) is 7.11 Å². The highest BCUT2D eigenvalue weighted by atomic mass is 16.7. The van der Waals surface area contributed by atoms with Crippen molar-refractivity contribution in [2.45, 2.75) is 56.0 Å². The monoisotopic (exact) mass is 368 g/mol. The second-order valence-electron chi connectivity index (χ2n) is 8.75. The number of ether oxygens (including phenoxy) is 2. The van der Waals surface area contributed by atoms with Crippen LogP contribution in [0, 0.1) is 11.8 Å². The van der Waals surface area contributed by atoms with Crippen LogP contribution in [0.15, 0.2) is 29.3 Å². The molecule has 7 rings (SSSR count). The molecule has 4 bridgehead atoms. The van der Waals surface area contributed by atoms with Crippen molar-refractivity contribution in [3.8, 4) is 0 Å². The Morgan fingerprint density at radius 3 is 2.85 bits per heavy atom. The van der Waals surface area contributed by atoms with Gasteiger partial charge in [-0.3, -0.25) is 14.6 Å². The van der Waals surface area contributed by atoms with Crippen molar-refractivity contribution in [1.29, 1.82) is 0 Å². The number of nitrogens with zero attached hydrogens (tertiary/aromatic N) is 2. The summed E-state index contributed by atoms with van der Waals surface area (Å²) in [5.41, 5.74) is 2.14. The number of aliphatic imine (C=N–C) groups is 1. The number of hydrogen-bond donors (Lipinski definition) is 0. The predicted octanol–water partition coefficient (Wildman–Crippen LogP) is 2.26. The number of benzene rings is 1. The molecule has 1 spiro atoms. The van der Waals surface area contributed by atoms with Crippen LogP contribution in [-0.2, 0) is 24.5 Å². The molecule has 1 saturated carbocycles. The second-order valence-corrected chi connectivity index (χ2v) is 8.75. The standard InChI is InChI=1S/C21H24N2O4/c1-11-20(2,27-11)18-12-8-17-21(9-15(22-18)13(12)10-26-17)14-6-4-5-7-16(14)23(25-3)19(21)24/h4-7,11-13,15,17H,8-10H2,1-3H3. The fourth-order valence-electron chi connectivity index (χ4n) is 6.10. The Kier molecular flexibility index (Phi) is 3.00. The first-order valence-corrected chi connectivity index (χ1v) is 9.86. The highest BCUT2D eigenvalue weighted by molar-refractivity contribution is 6.08. The van der Waals surface area contributed by atoms with Gasteiger partial charge in [-0.2, -0.15) is 5.06 Å². The van der Waals surface area contributed by atoms with Gasteiger partial charge in [0.25, 0.3) is 5.91 Å². The minimum atomic E-state index is -0.702. The molecule has 142 valence electrons. The molecular weight excluding hydrogens is 344 g/mol. The zero-order chi connectivity index (χ0) is 18.6. The Balaban J connectivity index is 1.49. The Morgan fingerprint density at radius 1 is 1.33 bits per heavy atom. The minimum Gasteiger partial charge on any atom is -0.376 e. The zero-order valence-electron chi connectivity index (χ0n) is 15.8. The molecule has 7 atom stereocenters. The van der Waals surface area contributed by atoms with E-state index in [0.717, 1.165) is 17.7 Å². The van der Waals surface area contributed by atoms with Crippen LogP contribution in [0.4, 0.5) is 5.69 Å². The summed E-state index contributed by atoms with van der Waals surface area (Å²) in [4.78, 5) is 24.2. The summed E-state index contributed by atoms with van der Waals surface area (Å²) in [6.45, 7) is 4.93. The van der Waals surface area contributed by atoms with Crippen molar-refractivity contribution in [2.75, 3.05) is 18.8 Å². The third kappa shape index (κ3) is 1.77. The van der Waals surface area contributed by atoms with E-state index < -0.39 is 5.41 Å². The summed E-state index contributed by atoms with van der Waals surface area (Å²) in [7, 11) is 1.55. The van der Waals surface area contributed by atoms with E-state index in [-0.39, 0.29) is 29.8 Å². The van der Waals surface area contributed by atoms with Crippen molar-refractivity contribution in [2.24, 2.45) is 16.8 Å². The highest BCUT2D eigenvalue weighted by Gasteiger charge is 2.67. The largest absolute Gasteiger partial charge is 0.376 e. The summed E-state index contributed by atoms with van der Waals surface area (Å²) in [6, 6.07) is 8.05. The Labute approximate surface area is 158 Å². The predicted molar refractivity (Wildman–Crippen MR) is 98.7 cm³/mol. The van der Waals surface area contributed by atoms with Gasteiger partial charge in [-0.1, -0.05) is 18.2 Å². The number of rotatable bonds is 2. The normalized spacial score (nSPS) is 46.6. The zero-order valence-corrected chi connectivity index (χ0v) is 15.8. The highest BCUT2D eigenvalue weighted by Crippen LogP contribution is 2.58. The summed E-state index contributed by atoms with van der Waals surface area (Å²) >= 11 is 0. The number of amides is 1. The first-order chi connectivity index (χ1) is 13.0. The molecule has 7 unspecified atom stereocenters. The van der Waals surface area contributed by atoms with Crippen LogP contribution in [0.2, 0.25) is 0 Å². The van der Waals surface area contributed by atoms with E-state index >= 15 is 0 Å². The van der Waals surface area contributed by atoms with Gasteiger partial charge in [-0.05, 0) is 38.3 Å². The molecule has 4 fully saturated rings. The molecule has 0 N–H and O–H groups in total. The lowest BCUT2D eigenvalue weighted by molar-refractivity contribution is -0.137. The lowest BCUT2D eigenvalue weighted by Gasteiger charge is -2.39. The van der Waals surface area contributed by atoms with Gasteiger partial charge in [0.2, 0.25) is 0 Å². The van der Waals surface area contributed by atoms with Gasteiger partial charge in [-0.25, -0.2) is 0 Å². The van der Waals surface area contributed by atoms with Gasteiger partial charge in [-0.15, -0.1) is 0 Å². The SMILES string of the molecule is CON1C(=O)C2(CC3N=C(C4(C)OC4C)C4CC2OCC34)c2ccccc21. The smallest absolute Gasteiger partial charge is 0.264 e. The number of hydroxylamine groups is 1. The van der Waals surface area contributed by atoms with Crippen LogP contribution >= 0.6 is 0 Å². The van der Waals surface area contributed by atoms with E-state index in [4.69, 9.17) is 19.3 Å². The second kappa shape index (κ2) is 4.99. The van der Waals surface area contributed by atoms with Crippen LogP contribution in [0.5, 0.6) is 0 Å². The molecule has 1 aromatic carbocycles. The molecule has 0 radical (unpaired) electrons. The molecule has 1 aliphatic carbocycles. The molecule has 3 saturated heterocycles. The first kappa shape index (κ1) is 16.2. The Morgan fingerprint density at radius 2 is 2.11 bits per heavy atom. The number of hydrogen-bond acceptors (Lipinski definition) is 5. The number of anilines is 1. The van der Waals surface area contributed by atoms with Crippen LogP contribution < -0.4 is 5.06 Å². The summed E-state index contributed by atoms with van der Waals surface area (Å²) in [6.07, 6.45) is 1.58. The first-order valence-electron chi connectivity index (χ1n) is 9.86. The van der Waals surface area contributed by atoms with Crippen LogP contribution in [0.25, 0.3) is 0 Å². The average molecular weight is 368 g/mol. The van der Waals surface area contributed by atoms with Gasteiger partial charge < -0.3 is 9.47 Å². The number of carbonyl (C=O) groups excluding carboxylic acids is 1. The fourth-order valence-corrected chi connectivity index (χ4v) is 6.10. The van der Waals surface area contributed by atoms with Gasteiger partial charge in [0.15, 0.2) is 0 Å². The fraction of sp³-hybridized carbons (Fsp3) is 0.619. The van der Waals surface area contributed by atoms with Gasteiger partial charge >= 0.3 is 0 Å². The number of carbonyl (C=O) groups is 1. The molecule has 6 aliphatic rings. The Bertz CT molecular complexity index is 885. The summed E-state index contributed by atoms with van der Waals surface area (Å²) in [5.74, 6) is 0.684. The van der Waals surface area contributed by atoms with Crippen molar-refractivity contribution >= 4 is 17.3 Å². The van der Waals surface area contributed by atoms with E-state index in [9.17, 15) is 4.79 Å². The van der Waals surface area contributed by atoms with Gasteiger partial charge in [0.05, 0.1) is 43.4 Å². The van der Waals surface area contributed by atoms with Crippen molar-refractivity contribution in [3.05, 3.63) is 29.8 Å². The third-order valence-corrected chi connectivity index (χ3v) is 7.71. The maximum Gasteiger partial charge on any atom is 0.264 e. The van der Waals surface area contributed by atoms with Crippen molar-refractivity contribution in [3.63, 3.8) is 0 Å². The van der Waals surface area contributed by atoms with Gasteiger partial charge in [0.1, 0.15) is 11.0 Å². The molecule has 1 aromatic rings. The molecule has 5 heterocycles. The van der Waals surface area contributed by atoms with Crippen molar-refractivity contribution in [1.82, 2.24) is 0 Å². The van der Waals surface area contributed by atoms with E-state index in [1.165, 1.54) is 10.8 Å². The van der Waals surface area contributed by atoms with E-state index in [1.807, 2.05) is 18.2 Å². The lowest BCUT2D eigenvalue weighted by Crippen LogP contribution is -2.51. The van der Waals surface area contributed by atoms with Crippen molar-refractivity contribution < 1.29 is 19.1 Å². The maximum atomic E-state index is 13.6. The van der Waals surface area contributed by atoms with Gasteiger partial charge in [0, 0.05) is 11.8 Å². The quantitative estimate of drug-likeness (QED) is 0.751. The summed E-state index contributed by atoms with van der Waals surface area (Å²) < 4.78 is 12.2. The minimum absolute atomic E-state index is 0.0107. The van der Waals surface area contributed by atoms with E-state index in [2.05, 4.69) is 19.9 Å². The third-order valence-electron chi connectivity index (χ3n) is 7.71. The average Bonchev–Trinajstić information content (AvgIpc) is 3.11.